The minimum atomic E-state index is 0.322. The Morgan fingerprint density at radius 3 is 2.90 bits per heavy atom. The van der Waals surface area contributed by atoms with E-state index >= 15 is 0 Å². The molecule has 4 rings (SSSR count). The average Bonchev–Trinajstić information content (AvgIpc) is 3.01. The molecule has 0 amide bonds. The molecule has 20 heavy (non-hydrogen) atoms. The topological polar surface area (TPSA) is 53.1 Å². The van der Waals surface area contributed by atoms with Gasteiger partial charge in [0.15, 0.2) is 0 Å². The molecule has 1 saturated carbocycles. The maximum Gasteiger partial charge on any atom is 0.113 e. The number of benzene rings is 1. The van der Waals surface area contributed by atoms with E-state index < -0.39 is 0 Å². The van der Waals surface area contributed by atoms with Crippen molar-refractivity contribution in [1.29, 1.82) is 0 Å². The highest BCUT2D eigenvalue weighted by molar-refractivity contribution is 5.80. The van der Waals surface area contributed by atoms with Gasteiger partial charge in [-0.3, -0.25) is 0 Å². The Bertz CT molecular complexity index is 638. The summed E-state index contributed by atoms with van der Waals surface area (Å²) in [6.07, 6.45) is 5.17. The van der Waals surface area contributed by atoms with Crippen LogP contribution < -0.4 is 5.73 Å². The Morgan fingerprint density at radius 1 is 1.35 bits per heavy atom. The predicted octanol–water partition coefficient (Wildman–Crippen LogP) is 3.24. The standard InChI is InChI=1S/C16H21N3O/c1-10(15-3-2-8-20-15)19-14-7-6-12(17)9-13(14)18-16(19)11-4-5-11/h6-7,9-11,15H,2-5,8,17H2,1H3. The van der Waals surface area contributed by atoms with Crippen molar-refractivity contribution in [2.24, 2.45) is 0 Å². The fourth-order valence-corrected chi connectivity index (χ4v) is 3.34. The SMILES string of the molecule is CC(C1CCCO1)n1c(C2CC2)nc2cc(N)ccc21. The molecule has 2 aromatic rings. The van der Waals surface area contributed by atoms with Gasteiger partial charge in [0.25, 0.3) is 0 Å². The molecule has 1 saturated heterocycles. The second kappa shape index (κ2) is 4.48. The van der Waals surface area contributed by atoms with Crippen LogP contribution in [0.4, 0.5) is 5.69 Å². The van der Waals surface area contributed by atoms with Crippen molar-refractivity contribution in [2.45, 2.75) is 50.7 Å². The Kier molecular flexibility index (Phi) is 2.74. The molecule has 2 aliphatic rings. The zero-order chi connectivity index (χ0) is 13.7. The van der Waals surface area contributed by atoms with E-state index in [0.29, 0.717) is 18.1 Å². The number of hydrogen-bond acceptors (Lipinski definition) is 3. The van der Waals surface area contributed by atoms with Crippen molar-refractivity contribution in [2.75, 3.05) is 12.3 Å². The number of ether oxygens (including phenoxy) is 1. The molecule has 106 valence electrons. The van der Waals surface area contributed by atoms with Gasteiger partial charge in [-0.15, -0.1) is 0 Å². The summed E-state index contributed by atoms with van der Waals surface area (Å²) in [6.45, 7) is 3.16. The molecule has 2 heterocycles. The van der Waals surface area contributed by atoms with Crippen LogP contribution in [-0.2, 0) is 4.74 Å². The minimum Gasteiger partial charge on any atom is -0.399 e. The van der Waals surface area contributed by atoms with Crippen molar-refractivity contribution in [3.05, 3.63) is 24.0 Å². The third-order valence-corrected chi connectivity index (χ3v) is 4.59. The number of fused-ring (bicyclic) bond motifs is 1. The van der Waals surface area contributed by atoms with E-state index in [1.54, 1.807) is 0 Å². The van der Waals surface area contributed by atoms with Crippen molar-refractivity contribution in [1.82, 2.24) is 9.55 Å². The lowest BCUT2D eigenvalue weighted by Crippen LogP contribution is -2.22. The predicted molar refractivity (Wildman–Crippen MR) is 79.8 cm³/mol. The van der Waals surface area contributed by atoms with Gasteiger partial charge in [-0.05, 0) is 50.8 Å². The molecule has 4 heteroatoms. The average molecular weight is 271 g/mol. The maximum atomic E-state index is 5.90. The highest BCUT2D eigenvalue weighted by Gasteiger charge is 2.33. The van der Waals surface area contributed by atoms with Gasteiger partial charge in [0.2, 0.25) is 0 Å². The number of nitrogen functional groups attached to an aromatic ring is 1. The number of nitrogens with two attached hydrogens (primary N) is 1. The molecular weight excluding hydrogens is 250 g/mol. The molecule has 1 aromatic heterocycles. The molecule has 2 fully saturated rings. The van der Waals surface area contributed by atoms with Gasteiger partial charge in [-0.2, -0.15) is 0 Å². The largest absolute Gasteiger partial charge is 0.399 e. The Morgan fingerprint density at radius 2 is 2.20 bits per heavy atom. The number of imidazole rings is 1. The van der Waals surface area contributed by atoms with Gasteiger partial charge in [-0.25, -0.2) is 4.98 Å². The van der Waals surface area contributed by atoms with Gasteiger partial charge < -0.3 is 15.0 Å². The number of aromatic nitrogens is 2. The summed E-state index contributed by atoms with van der Waals surface area (Å²) in [7, 11) is 0. The molecular formula is C16H21N3O. The summed E-state index contributed by atoms with van der Waals surface area (Å²) in [6, 6.07) is 6.41. The maximum absolute atomic E-state index is 5.90. The van der Waals surface area contributed by atoms with Crippen molar-refractivity contribution >= 4 is 16.7 Å². The Labute approximate surface area is 118 Å². The summed E-state index contributed by atoms with van der Waals surface area (Å²) in [5, 5.41) is 0. The van der Waals surface area contributed by atoms with E-state index in [1.807, 2.05) is 12.1 Å². The van der Waals surface area contributed by atoms with Gasteiger partial charge in [0, 0.05) is 18.2 Å². The summed E-state index contributed by atoms with van der Waals surface area (Å²) >= 11 is 0. The van der Waals surface area contributed by atoms with Crippen LogP contribution in [0.2, 0.25) is 0 Å². The van der Waals surface area contributed by atoms with Gasteiger partial charge in [-0.1, -0.05) is 0 Å². The van der Waals surface area contributed by atoms with E-state index in [0.717, 1.165) is 24.2 Å². The lowest BCUT2D eigenvalue weighted by atomic mass is 10.1. The van der Waals surface area contributed by atoms with Crippen LogP contribution in [-0.4, -0.2) is 22.3 Å². The first kappa shape index (κ1) is 12.2. The van der Waals surface area contributed by atoms with Gasteiger partial charge >= 0.3 is 0 Å². The normalized spacial score (nSPS) is 24.4. The van der Waals surface area contributed by atoms with Crippen LogP contribution in [0.25, 0.3) is 11.0 Å². The molecule has 0 radical (unpaired) electrons. The number of anilines is 1. The van der Waals surface area contributed by atoms with Crippen LogP contribution in [0.5, 0.6) is 0 Å². The first-order valence-corrected chi connectivity index (χ1v) is 7.63. The lowest BCUT2D eigenvalue weighted by Gasteiger charge is -2.23. The van der Waals surface area contributed by atoms with Crippen LogP contribution in [0.3, 0.4) is 0 Å². The Balaban J connectivity index is 1.84. The molecule has 1 aliphatic carbocycles. The summed E-state index contributed by atoms with van der Waals surface area (Å²) < 4.78 is 8.30. The number of rotatable bonds is 3. The monoisotopic (exact) mass is 271 g/mol. The third-order valence-electron chi connectivity index (χ3n) is 4.59. The lowest BCUT2D eigenvalue weighted by molar-refractivity contribution is 0.0736. The first-order chi connectivity index (χ1) is 9.74. The molecule has 1 aromatic carbocycles. The summed E-state index contributed by atoms with van der Waals surface area (Å²) in [4.78, 5) is 4.86. The van der Waals surface area contributed by atoms with Crippen molar-refractivity contribution in [3.63, 3.8) is 0 Å². The highest BCUT2D eigenvalue weighted by atomic mass is 16.5. The number of hydrogen-bond donors (Lipinski definition) is 1. The second-order valence-corrected chi connectivity index (χ2v) is 6.15. The zero-order valence-corrected chi connectivity index (χ0v) is 11.9. The molecule has 2 unspecified atom stereocenters. The fourth-order valence-electron chi connectivity index (χ4n) is 3.34. The van der Waals surface area contributed by atoms with Gasteiger partial charge in [0.05, 0.1) is 23.2 Å². The first-order valence-electron chi connectivity index (χ1n) is 7.63. The quantitative estimate of drug-likeness (QED) is 0.872. The second-order valence-electron chi connectivity index (χ2n) is 6.15. The zero-order valence-electron chi connectivity index (χ0n) is 11.9. The highest BCUT2D eigenvalue weighted by Crippen LogP contribution is 2.43. The van der Waals surface area contributed by atoms with E-state index in [4.69, 9.17) is 15.5 Å². The molecule has 2 atom stereocenters. The van der Waals surface area contributed by atoms with Crippen molar-refractivity contribution in [3.8, 4) is 0 Å². The van der Waals surface area contributed by atoms with E-state index in [-0.39, 0.29) is 0 Å². The molecule has 4 nitrogen and oxygen atoms in total. The third kappa shape index (κ3) is 1.90. The Hall–Kier alpha value is -1.55. The molecule has 1 aliphatic heterocycles. The molecule has 0 spiro atoms. The van der Waals surface area contributed by atoms with Crippen molar-refractivity contribution < 1.29 is 4.74 Å². The fraction of sp³-hybridized carbons (Fsp3) is 0.562. The summed E-state index contributed by atoms with van der Waals surface area (Å²) in [5.41, 5.74) is 8.91. The van der Waals surface area contributed by atoms with E-state index in [9.17, 15) is 0 Å². The smallest absolute Gasteiger partial charge is 0.113 e. The minimum absolute atomic E-state index is 0.322. The van der Waals surface area contributed by atoms with Crippen LogP contribution in [0, 0.1) is 0 Å². The van der Waals surface area contributed by atoms with E-state index in [1.165, 1.54) is 30.6 Å². The van der Waals surface area contributed by atoms with Crippen LogP contribution in [0.15, 0.2) is 18.2 Å². The van der Waals surface area contributed by atoms with Gasteiger partial charge in [0.1, 0.15) is 5.82 Å². The van der Waals surface area contributed by atoms with Crippen LogP contribution >= 0.6 is 0 Å². The van der Waals surface area contributed by atoms with Crippen LogP contribution in [0.1, 0.15) is 50.4 Å². The molecule has 0 bridgehead atoms. The molecule has 2 N–H and O–H groups in total. The summed E-state index contributed by atoms with van der Waals surface area (Å²) in [5.74, 6) is 1.86. The number of nitrogens with zero attached hydrogens (tertiary/aromatic N) is 2. The van der Waals surface area contributed by atoms with E-state index in [2.05, 4.69) is 17.6 Å².